The molecule has 0 spiro atoms. The maximum Gasteiger partial charge on any atom is 0.514 e. The number of esters is 10. The second-order valence-electron chi connectivity index (χ2n) is 33.9. The predicted octanol–water partition coefficient (Wildman–Crippen LogP) is 19.5. The number of ether oxygens (including phenoxy) is 13. The van der Waals surface area contributed by atoms with Gasteiger partial charge in [-0.25, -0.2) is 9.59 Å². The van der Waals surface area contributed by atoms with Crippen LogP contribution in [-0.4, -0.2) is 164 Å². The minimum absolute atomic E-state index is 0. The van der Waals surface area contributed by atoms with E-state index in [0.717, 1.165) is 17.4 Å². The predicted molar refractivity (Wildman–Crippen MR) is 508 cm³/mol. The lowest BCUT2D eigenvalue weighted by atomic mass is 10.2. The third kappa shape index (κ3) is 74.3. The van der Waals surface area contributed by atoms with Crippen LogP contribution in [0.15, 0.2) is 170 Å². The first-order valence-electron chi connectivity index (χ1n) is 42.7. The van der Waals surface area contributed by atoms with Crippen molar-refractivity contribution in [1.82, 2.24) is 0 Å². The van der Waals surface area contributed by atoms with E-state index >= 15 is 0 Å². The highest BCUT2D eigenvalue weighted by molar-refractivity contribution is 6.61. The Morgan fingerprint density at radius 3 is 0.810 bits per heavy atom. The Kier molecular flexibility index (Phi) is 63.1. The number of carboxylic acids is 1. The van der Waals surface area contributed by atoms with Crippen LogP contribution in [0.4, 0.5) is 34.1 Å². The lowest BCUT2D eigenvalue weighted by Gasteiger charge is -2.19. The number of carboxylic acid groups (broad SMARTS) is 1. The van der Waals surface area contributed by atoms with Gasteiger partial charge in [0.15, 0.2) is 0 Å². The Morgan fingerprint density at radius 1 is 0.352 bits per heavy atom. The first-order chi connectivity index (χ1) is 65.1. The number of nitrogens with zero attached hydrogens (tertiary/aromatic N) is 2. The molecule has 3 N–H and O–H groups in total. The van der Waals surface area contributed by atoms with Gasteiger partial charge in [0, 0.05) is 127 Å². The number of aliphatic hydroxyl groups is 1. The van der Waals surface area contributed by atoms with Gasteiger partial charge in [-0.05, 0) is 262 Å². The molecule has 0 amide bonds. The van der Waals surface area contributed by atoms with Gasteiger partial charge >= 0.3 is 83.4 Å². The van der Waals surface area contributed by atoms with Crippen LogP contribution in [0, 0.1) is 20.2 Å². The molecule has 0 bridgehead atoms. The van der Waals surface area contributed by atoms with Crippen molar-refractivity contribution in [2.24, 2.45) is 0 Å². The van der Waals surface area contributed by atoms with Crippen LogP contribution in [0.3, 0.4) is 0 Å². The van der Waals surface area contributed by atoms with Crippen molar-refractivity contribution in [3.8, 4) is 40.2 Å². The quantitative estimate of drug-likeness (QED) is 0.00382. The topological polar surface area (TPSA) is 540 Å². The number of halogens is 4. The number of alkyl halides is 3. The zero-order valence-electron chi connectivity index (χ0n) is 80.9. The normalized spacial score (nSPS) is 10.5. The Bertz CT molecular complexity index is 5100. The highest BCUT2D eigenvalue weighted by Crippen LogP contribution is 2.25. The lowest BCUT2D eigenvalue weighted by Crippen LogP contribution is -2.23. The summed E-state index contributed by atoms with van der Waals surface area (Å²) in [6.45, 7) is 28.2. The van der Waals surface area contributed by atoms with Crippen molar-refractivity contribution in [3.63, 3.8) is 0 Å². The number of benzene rings is 7. The number of hydrogen-bond acceptors (Lipinski definition) is 35. The summed E-state index contributed by atoms with van der Waals surface area (Å²) in [5.74, 6) is -2.63. The summed E-state index contributed by atoms with van der Waals surface area (Å²) in [5, 5.41) is 46.8. The van der Waals surface area contributed by atoms with E-state index in [1.165, 1.54) is 67.6 Å². The summed E-state index contributed by atoms with van der Waals surface area (Å²) in [4.78, 5) is 196. The van der Waals surface area contributed by atoms with Crippen molar-refractivity contribution in [2.75, 3.05) is 0 Å². The number of phenols is 1. The number of nitro benzene ring substituents is 2. The molecule has 142 heavy (non-hydrogen) atoms. The summed E-state index contributed by atoms with van der Waals surface area (Å²) in [6.07, 6.45) is -2.09. The van der Waals surface area contributed by atoms with Gasteiger partial charge in [0.1, 0.15) is 94.0 Å². The fourth-order valence-corrected chi connectivity index (χ4v) is 9.63. The summed E-state index contributed by atoms with van der Waals surface area (Å²) >= 11 is 4.92. The summed E-state index contributed by atoms with van der Waals surface area (Å²) in [5.41, 5.74) is -0.509. The Labute approximate surface area is 826 Å². The highest BCUT2D eigenvalue weighted by Gasteiger charge is 2.26. The average molecular weight is 2020 g/mol. The molecular formula is C99H122BClF3N2O36. The highest BCUT2D eigenvalue weighted by atomic mass is 35.5. The van der Waals surface area contributed by atoms with Crippen molar-refractivity contribution in [2.45, 2.75) is 269 Å². The molecule has 0 unspecified atom stereocenters. The van der Waals surface area contributed by atoms with E-state index < -0.39 is 91.7 Å². The second-order valence-corrected chi connectivity index (χ2v) is 34.2. The van der Waals surface area contributed by atoms with Crippen LogP contribution in [0.2, 0.25) is 0 Å². The standard InChI is InChI=1S/C23H25NO9.C18H24O6.C16H22O5.C16H20O5.C9H16O4.C7H4ClNO4.C7H6O2.C2HF3O.CH4.B/c1-23(2,3)33-21(26)6-4-5-20(25)31-18-11-7-16(8-12-18)15-30-22(27)32-19-13-9-17(10-14-19)24(28)29;1-13(19)22-12-14-8-10-15(11-9-14)23-16(20)6-5-7-17(21)24-18(2,3)4;2*1-16(2,3)21-15(19)6-4-5-14(18)20-13-9-7-12(11-17)8-10-13;1-9(2,3)13-8(12)6-4-5-7(10)11;8-7(10)13-6-3-1-5(2-4-6)9(11)12;8-5-6-1-3-7(9)4-2-6;3-2(4,5)1-6;;/h7-14H,4-6,15H2,1-3H3;8-11H,5-7,12H2,1-4H3;7-10,17H,4-6,11H2,1-3H3;7-11H,4-6H2,1-3H3;4-6H2,1-3H3,(H,10,11);1-4H;1-5,9H;1H;1H4;. The fraction of sp³-hybridized carbons (Fsp3) is 0.414. The molecule has 0 saturated carbocycles. The fourth-order valence-electron chi connectivity index (χ4n) is 9.54. The van der Waals surface area contributed by atoms with Crippen LogP contribution in [0.25, 0.3) is 0 Å². The monoisotopic (exact) mass is 2020 g/mol. The van der Waals surface area contributed by atoms with E-state index in [1.54, 1.807) is 213 Å². The molecule has 7 aromatic carbocycles. The van der Waals surface area contributed by atoms with Crippen molar-refractivity contribution < 1.29 is 177 Å². The molecule has 775 valence electrons. The lowest BCUT2D eigenvalue weighted by molar-refractivity contribution is -0.385. The van der Waals surface area contributed by atoms with E-state index in [4.69, 9.17) is 88.6 Å². The Balaban J connectivity index is -0.00000161. The number of aliphatic carboxylic acids is 1. The molecule has 3 radical (unpaired) electrons. The Morgan fingerprint density at radius 2 is 0.577 bits per heavy atom. The number of hydrogen-bond donors (Lipinski definition) is 3. The third-order valence-corrected chi connectivity index (χ3v) is 15.3. The molecule has 0 heterocycles. The van der Waals surface area contributed by atoms with Crippen LogP contribution in [-0.2, 0) is 111 Å². The second kappa shape index (κ2) is 68.3. The van der Waals surface area contributed by atoms with E-state index in [2.05, 4.69) is 4.74 Å². The molecule has 7 rings (SSSR count). The largest absolute Gasteiger partial charge is 0.514 e. The molecule has 0 aromatic heterocycles. The van der Waals surface area contributed by atoms with Gasteiger partial charge in [-0.3, -0.25) is 87.4 Å². The first-order valence-corrected chi connectivity index (χ1v) is 43.1. The summed E-state index contributed by atoms with van der Waals surface area (Å²) < 4.78 is 96.7. The van der Waals surface area contributed by atoms with Gasteiger partial charge in [0.2, 0.25) is 6.29 Å². The van der Waals surface area contributed by atoms with Gasteiger partial charge < -0.3 is 76.9 Å². The number of nitro groups is 2. The van der Waals surface area contributed by atoms with Crippen molar-refractivity contribution in [3.05, 3.63) is 218 Å². The minimum Gasteiger partial charge on any atom is -0.508 e. The summed E-state index contributed by atoms with van der Waals surface area (Å²) in [6, 6.07) is 41.9. The van der Waals surface area contributed by atoms with Gasteiger partial charge in [0.05, 0.1) is 16.5 Å². The molecular weight excluding hydrogens is 1900 g/mol. The average Bonchev–Trinajstić information content (AvgIpc) is 0.883. The van der Waals surface area contributed by atoms with E-state index in [0.29, 0.717) is 78.1 Å². The molecule has 38 nitrogen and oxygen atoms in total. The summed E-state index contributed by atoms with van der Waals surface area (Å²) in [7, 11) is 0. The molecule has 0 aliphatic rings. The van der Waals surface area contributed by atoms with Crippen molar-refractivity contribution >= 4 is 127 Å². The smallest absolute Gasteiger partial charge is 0.508 e. The Hall–Kier alpha value is -14.8. The molecule has 0 saturated heterocycles. The molecule has 0 fully saturated rings. The van der Waals surface area contributed by atoms with Gasteiger partial charge in [-0.2, -0.15) is 13.2 Å². The van der Waals surface area contributed by atoms with Crippen LogP contribution in [0.5, 0.6) is 40.2 Å². The molecule has 43 heteroatoms. The zero-order chi connectivity index (χ0) is 107. The van der Waals surface area contributed by atoms with Crippen LogP contribution < -0.4 is 28.4 Å². The number of rotatable bonds is 35. The molecule has 0 aliphatic heterocycles. The van der Waals surface area contributed by atoms with Crippen LogP contribution in [0.1, 0.15) is 252 Å². The third-order valence-electron chi connectivity index (χ3n) is 15.3. The zero-order valence-corrected chi connectivity index (χ0v) is 81.7. The van der Waals surface area contributed by atoms with Gasteiger partial charge in [0.25, 0.3) is 11.4 Å². The molecule has 0 aliphatic carbocycles. The number of non-ortho nitro benzene ring substituents is 2. The maximum atomic E-state index is 11.9. The number of aromatic hydroxyl groups is 1. The number of aliphatic hydroxyl groups excluding tert-OH is 1. The van der Waals surface area contributed by atoms with Crippen molar-refractivity contribution in [1.29, 1.82) is 0 Å². The number of phenolic OH excluding ortho intramolecular Hbond substituents is 1. The maximum absolute atomic E-state index is 11.9. The minimum atomic E-state index is -4.64. The number of aldehydes is 3. The van der Waals surface area contributed by atoms with Crippen LogP contribution >= 0.6 is 11.6 Å². The van der Waals surface area contributed by atoms with Gasteiger partial charge in [-0.15, -0.1) is 0 Å². The molecule has 0 atom stereocenters. The number of carbonyl (C=O) groups is 16. The van der Waals surface area contributed by atoms with E-state index in [1.807, 2.05) is 0 Å². The number of carbonyl (C=O) groups excluding carboxylic acids is 15. The molecule has 7 aromatic rings. The SMILES string of the molecule is C.CC(=O)OCc1ccc(OC(=O)CCCC(=O)OC(C)(C)C)cc1.CC(C)(C)OC(=O)CCCC(=O)O.CC(C)(C)OC(=O)CCCC(=O)Oc1ccc(C=O)cc1.CC(C)(C)OC(=O)CCCC(=O)Oc1ccc(CO)cc1.CC(C)(C)OC(=O)CCCC(=O)Oc1ccc(COC(=O)Oc2ccc([N+](=O)[O-])cc2)cc1.O=C(Cl)Oc1ccc([N+](=O)[O-])cc1.O=CC(F)(F)F.O=Cc1ccc(O)cc1.[B]. The van der Waals surface area contributed by atoms with E-state index in [9.17, 15) is 105 Å². The first kappa shape index (κ1) is 131. The van der Waals surface area contributed by atoms with Gasteiger partial charge in [-0.1, -0.05) is 43.8 Å². The van der Waals surface area contributed by atoms with E-state index in [-0.39, 0.29) is 164 Å².